The van der Waals surface area contributed by atoms with Crippen molar-refractivity contribution < 1.29 is 14.5 Å². The second kappa shape index (κ2) is 5.16. The fraction of sp³-hybridized carbons (Fsp3) is 0.636. The first-order chi connectivity index (χ1) is 8.25. The molecule has 1 aromatic rings. The first-order valence-corrected chi connectivity index (χ1v) is 5.64. The summed E-state index contributed by atoms with van der Waals surface area (Å²) in [6.45, 7) is 7.04. The van der Waals surface area contributed by atoms with Gasteiger partial charge >= 0.3 is 11.7 Å². The average Bonchev–Trinajstić information content (AvgIpc) is 2.52. The number of aryl methyl sites for hydroxylation is 2. The maximum Gasteiger partial charge on any atom is 0.364 e. The molecule has 0 bridgehead atoms. The molecule has 0 aliphatic heterocycles. The Labute approximate surface area is 105 Å². The summed E-state index contributed by atoms with van der Waals surface area (Å²) in [5.74, 6) is -0.576. The summed E-state index contributed by atoms with van der Waals surface area (Å²) in [7, 11) is 1.48. The van der Waals surface area contributed by atoms with Crippen molar-refractivity contribution in [1.82, 2.24) is 9.78 Å². The van der Waals surface area contributed by atoms with E-state index in [1.165, 1.54) is 18.7 Å². The topological polar surface area (TPSA) is 87.3 Å². The minimum Gasteiger partial charge on any atom is -0.457 e. The van der Waals surface area contributed by atoms with E-state index in [1.807, 2.05) is 13.8 Å². The van der Waals surface area contributed by atoms with Crippen LogP contribution in [0.2, 0.25) is 0 Å². The highest BCUT2D eigenvalue weighted by Crippen LogP contribution is 2.23. The van der Waals surface area contributed by atoms with Crippen LogP contribution in [0.3, 0.4) is 0 Å². The molecule has 0 saturated heterocycles. The van der Waals surface area contributed by atoms with Gasteiger partial charge in [0, 0.05) is 7.05 Å². The molecule has 0 radical (unpaired) electrons. The van der Waals surface area contributed by atoms with E-state index in [4.69, 9.17) is 4.74 Å². The van der Waals surface area contributed by atoms with Crippen LogP contribution in [0.25, 0.3) is 0 Å². The SMILES string of the molecule is Cc1nn(C)c(C(=O)OC(C)C(C)C)c1[N+](=O)[O-]. The van der Waals surface area contributed by atoms with Gasteiger partial charge in [0.25, 0.3) is 0 Å². The second-order valence-electron chi connectivity index (χ2n) is 4.52. The highest BCUT2D eigenvalue weighted by molar-refractivity contribution is 5.92. The smallest absolute Gasteiger partial charge is 0.364 e. The van der Waals surface area contributed by atoms with Crippen molar-refractivity contribution >= 4 is 11.7 Å². The summed E-state index contributed by atoms with van der Waals surface area (Å²) in [6, 6.07) is 0. The molecule has 7 nitrogen and oxygen atoms in total. The molecular formula is C11H17N3O4. The minimum absolute atomic E-state index is 0.120. The standard InChI is InChI=1S/C11H17N3O4/c1-6(2)8(4)18-11(15)10-9(14(16)17)7(3)12-13(10)5/h6,8H,1-5H3. The number of nitro groups is 1. The van der Waals surface area contributed by atoms with Crippen LogP contribution in [0.4, 0.5) is 5.69 Å². The Bertz CT molecular complexity index is 479. The van der Waals surface area contributed by atoms with Gasteiger partial charge in [-0.15, -0.1) is 0 Å². The Balaban J connectivity index is 3.09. The molecule has 0 amide bonds. The average molecular weight is 255 g/mol. The molecule has 0 saturated carbocycles. The summed E-state index contributed by atoms with van der Waals surface area (Å²) < 4.78 is 6.36. The molecule has 0 N–H and O–H groups in total. The zero-order valence-electron chi connectivity index (χ0n) is 11.1. The van der Waals surface area contributed by atoms with Gasteiger partial charge < -0.3 is 4.74 Å². The van der Waals surface area contributed by atoms with Crippen LogP contribution in [-0.4, -0.2) is 26.8 Å². The zero-order valence-corrected chi connectivity index (χ0v) is 11.1. The zero-order chi connectivity index (χ0) is 14.0. The van der Waals surface area contributed by atoms with Gasteiger partial charge in [0.15, 0.2) is 0 Å². The maximum absolute atomic E-state index is 11.9. The number of aromatic nitrogens is 2. The molecule has 1 heterocycles. The number of hydrogen-bond donors (Lipinski definition) is 0. The molecule has 0 aromatic carbocycles. The molecule has 1 rings (SSSR count). The van der Waals surface area contributed by atoms with E-state index in [0.29, 0.717) is 0 Å². The van der Waals surface area contributed by atoms with Crippen molar-refractivity contribution in [2.45, 2.75) is 33.8 Å². The number of carbonyl (C=O) groups is 1. The van der Waals surface area contributed by atoms with Gasteiger partial charge in [-0.25, -0.2) is 4.79 Å². The van der Waals surface area contributed by atoms with E-state index < -0.39 is 10.9 Å². The molecule has 7 heteroatoms. The van der Waals surface area contributed by atoms with Gasteiger partial charge in [0.1, 0.15) is 11.8 Å². The fourth-order valence-corrected chi connectivity index (χ4v) is 1.46. The first-order valence-electron chi connectivity index (χ1n) is 5.64. The van der Waals surface area contributed by atoms with Crippen LogP contribution in [0.5, 0.6) is 0 Å². The van der Waals surface area contributed by atoms with Crippen molar-refractivity contribution in [1.29, 1.82) is 0 Å². The highest BCUT2D eigenvalue weighted by atomic mass is 16.6. The molecule has 1 aromatic heterocycles. The number of rotatable bonds is 4. The van der Waals surface area contributed by atoms with Crippen LogP contribution in [-0.2, 0) is 11.8 Å². The molecule has 0 spiro atoms. The Morgan fingerprint density at radius 3 is 2.44 bits per heavy atom. The van der Waals surface area contributed by atoms with E-state index in [-0.39, 0.29) is 29.1 Å². The summed E-state index contributed by atoms with van der Waals surface area (Å²) in [6.07, 6.45) is -0.313. The van der Waals surface area contributed by atoms with Crippen molar-refractivity contribution in [2.24, 2.45) is 13.0 Å². The summed E-state index contributed by atoms with van der Waals surface area (Å²) in [5, 5.41) is 14.8. The van der Waals surface area contributed by atoms with Crippen molar-refractivity contribution in [3.63, 3.8) is 0 Å². The van der Waals surface area contributed by atoms with Gasteiger partial charge in [-0.05, 0) is 19.8 Å². The lowest BCUT2D eigenvalue weighted by atomic mass is 10.1. The van der Waals surface area contributed by atoms with Crippen molar-refractivity contribution in [2.75, 3.05) is 0 Å². The van der Waals surface area contributed by atoms with Crippen LogP contribution in [0.1, 0.15) is 37.0 Å². The first kappa shape index (κ1) is 14.1. The van der Waals surface area contributed by atoms with Gasteiger partial charge in [-0.2, -0.15) is 5.10 Å². The van der Waals surface area contributed by atoms with E-state index >= 15 is 0 Å². The number of nitrogens with zero attached hydrogens (tertiary/aromatic N) is 3. The van der Waals surface area contributed by atoms with Crippen molar-refractivity contribution in [3.05, 3.63) is 21.5 Å². The number of ether oxygens (including phenoxy) is 1. The van der Waals surface area contributed by atoms with Crippen LogP contribution < -0.4 is 0 Å². The molecule has 100 valence electrons. The Morgan fingerprint density at radius 2 is 2.00 bits per heavy atom. The molecule has 1 atom stereocenters. The van der Waals surface area contributed by atoms with Gasteiger partial charge in [-0.1, -0.05) is 13.8 Å². The van der Waals surface area contributed by atoms with Crippen LogP contribution >= 0.6 is 0 Å². The van der Waals surface area contributed by atoms with Crippen LogP contribution in [0, 0.1) is 23.0 Å². The summed E-state index contributed by atoms with van der Waals surface area (Å²) in [4.78, 5) is 22.2. The van der Waals surface area contributed by atoms with E-state index in [1.54, 1.807) is 6.92 Å². The molecule has 0 fully saturated rings. The third-order valence-corrected chi connectivity index (χ3v) is 2.80. The number of hydrogen-bond acceptors (Lipinski definition) is 5. The van der Waals surface area contributed by atoms with E-state index in [9.17, 15) is 14.9 Å². The van der Waals surface area contributed by atoms with Gasteiger partial charge in [0.05, 0.1) is 4.92 Å². The normalized spacial score (nSPS) is 12.6. The Kier molecular flexibility index (Phi) is 4.05. The fourth-order valence-electron chi connectivity index (χ4n) is 1.46. The molecular weight excluding hydrogens is 238 g/mol. The number of carbonyl (C=O) groups excluding carboxylic acids is 1. The van der Waals surface area contributed by atoms with E-state index in [0.717, 1.165) is 0 Å². The minimum atomic E-state index is -0.717. The third-order valence-electron chi connectivity index (χ3n) is 2.80. The molecule has 1 unspecified atom stereocenters. The molecule has 18 heavy (non-hydrogen) atoms. The lowest BCUT2D eigenvalue weighted by molar-refractivity contribution is -0.385. The van der Waals surface area contributed by atoms with Gasteiger partial charge in [0.2, 0.25) is 5.69 Å². The van der Waals surface area contributed by atoms with Crippen LogP contribution in [0.15, 0.2) is 0 Å². The largest absolute Gasteiger partial charge is 0.457 e. The lowest BCUT2D eigenvalue weighted by Crippen LogP contribution is -2.22. The Morgan fingerprint density at radius 1 is 1.44 bits per heavy atom. The maximum atomic E-state index is 11.9. The molecule has 0 aliphatic rings. The predicted molar refractivity (Wildman–Crippen MR) is 64.3 cm³/mol. The third kappa shape index (κ3) is 2.66. The van der Waals surface area contributed by atoms with Crippen molar-refractivity contribution in [3.8, 4) is 0 Å². The Hall–Kier alpha value is -1.92. The quantitative estimate of drug-likeness (QED) is 0.465. The highest BCUT2D eigenvalue weighted by Gasteiger charge is 2.31. The number of esters is 1. The van der Waals surface area contributed by atoms with E-state index in [2.05, 4.69) is 5.10 Å². The van der Waals surface area contributed by atoms with Gasteiger partial charge in [-0.3, -0.25) is 14.8 Å². The predicted octanol–water partition coefficient (Wildman–Crippen LogP) is 1.84. The summed E-state index contributed by atoms with van der Waals surface area (Å²) in [5.41, 5.74) is -0.213. The summed E-state index contributed by atoms with van der Waals surface area (Å²) >= 11 is 0. The monoisotopic (exact) mass is 255 g/mol. The molecule has 0 aliphatic carbocycles. The lowest BCUT2D eigenvalue weighted by Gasteiger charge is -2.16. The second-order valence-corrected chi connectivity index (χ2v) is 4.52.